The van der Waals surface area contributed by atoms with Crippen molar-refractivity contribution in [3.63, 3.8) is 0 Å². The van der Waals surface area contributed by atoms with Crippen LogP contribution in [-0.4, -0.2) is 18.2 Å². The molecule has 0 aliphatic heterocycles. The summed E-state index contributed by atoms with van der Waals surface area (Å²) in [4.78, 5) is 11.5. The molecule has 98 valence electrons. The monoisotopic (exact) mass is 269 g/mol. The van der Waals surface area contributed by atoms with Crippen LogP contribution in [-0.2, 0) is 10.3 Å². The van der Waals surface area contributed by atoms with E-state index in [-0.39, 0.29) is 5.92 Å². The van der Waals surface area contributed by atoms with Crippen LogP contribution < -0.4 is 10.5 Å². The van der Waals surface area contributed by atoms with Crippen molar-refractivity contribution < 1.29 is 14.6 Å². The molecule has 1 aliphatic carbocycles. The molecule has 4 nitrogen and oxygen atoms in total. The Kier molecular flexibility index (Phi) is 3.25. The number of aryl methyl sites for hydroxylation is 1. The Hall–Kier alpha value is -1.26. The van der Waals surface area contributed by atoms with E-state index in [0.717, 1.165) is 18.4 Å². The van der Waals surface area contributed by atoms with Gasteiger partial charge in [0, 0.05) is 10.6 Å². The Bertz CT molecular complexity index is 499. The molecule has 1 aromatic rings. The number of rotatable bonds is 4. The molecule has 1 aromatic carbocycles. The number of carboxylic acids is 1. The second-order valence-electron chi connectivity index (χ2n) is 4.75. The van der Waals surface area contributed by atoms with Gasteiger partial charge in [-0.05, 0) is 43.4 Å². The van der Waals surface area contributed by atoms with Gasteiger partial charge >= 0.3 is 5.97 Å². The Morgan fingerprint density at radius 1 is 1.56 bits per heavy atom. The number of hydrogen-bond acceptors (Lipinski definition) is 3. The predicted octanol–water partition coefficient (Wildman–Crippen LogP) is 2.31. The van der Waals surface area contributed by atoms with Gasteiger partial charge in [-0.25, -0.2) is 4.79 Å². The van der Waals surface area contributed by atoms with Crippen LogP contribution in [0.15, 0.2) is 12.1 Å². The lowest BCUT2D eigenvalue weighted by atomic mass is 9.85. The maximum Gasteiger partial charge on any atom is 0.328 e. The van der Waals surface area contributed by atoms with Gasteiger partial charge in [0.1, 0.15) is 11.3 Å². The molecular weight excluding hydrogens is 254 g/mol. The molecule has 0 saturated heterocycles. The molecule has 18 heavy (non-hydrogen) atoms. The third-order valence-corrected chi connectivity index (χ3v) is 3.91. The van der Waals surface area contributed by atoms with E-state index in [0.29, 0.717) is 16.3 Å². The normalized spacial score (nSPS) is 18.2. The molecule has 0 aromatic heterocycles. The van der Waals surface area contributed by atoms with E-state index >= 15 is 0 Å². The van der Waals surface area contributed by atoms with Crippen LogP contribution in [0.4, 0.5) is 0 Å². The first kappa shape index (κ1) is 13.2. The summed E-state index contributed by atoms with van der Waals surface area (Å²) in [5.74, 6) is -0.611. The van der Waals surface area contributed by atoms with Crippen molar-refractivity contribution in [3.8, 4) is 5.75 Å². The molecule has 1 fully saturated rings. The second-order valence-corrected chi connectivity index (χ2v) is 5.16. The zero-order valence-corrected chi connectivity index (χ0v) is 11.1. The van der Waals surface area contributed by atoms with Gasteiger partial charge in [-0.1, -0.05) is 11.6 Å². The third-order valence-electron chi connectivity index (χ3n) is 3.50. The van der Waals surface area contributed by atoms with Crippen LogP contribution >= 0.6 is 11.6 Å². The average Bonchev–Trinajstić information content (AvgIpc) is 3.15. The standard InChI is InChI=1S/C13H16ClNO3/c1-7-5-11(18-2)9(6-10(7)14)13(15,12(16)17)8-3-4-8/h5-6,8H,3-4,15H2,1-2H3,(H,16,17). The van der Waals surface area contributed by atoms with E-state index in [1.165, 1.54) is 7.11 Å². The van der Waals surface area contributed by atoms with Crippen molar-refractivity contribution in [2.24, 2.45) is 11.7 Å². The highest BCUT2D eigenvalue weighted by Crippen LogP contribution is 2.47. The van der Waals surface area contributed by atoms with Gasteiger partial charge in [-0.2, -0.15) is 0 Å². The summed E-state index contributed by atoms with van der Waals surface area (Å²) in [7, 11) is 1.50. The van der Waals surface area contributed by atoms with E-state index in [4.69, 9.17) is 22.1 Å². The molecule has 0 heterocycles. The fourth-order valence-corrected chi connectivity index (χ4v) is 2.36. The Labute approximate surface area is 111 Å². The minimum Gasteiger partial charge on any atom is -0.496 e. The van der Waals surface area contributed by atoms with Crippen molar-refractivity contribution in [1.82, 2.24) is 0 Å². The molecule has 3 N–H and O–H groups in total. The van der Waals surface area contributed by atoms with Gasteiger partial charge in [0.2, 0.25) is 0 Å². The Morgan fingerprint density at radius 3 is 2.61 bits per heavy atom. The molecule has 0 radical (unpaired) electrons. The Morgan fingerprint density at radius 2 is 2.17 bits per heavy atom. The topological polar surface area (TPSA) is 72.5 Å². The second kappa shape index (κ2) is 4.44. The molecule has 1 saturated carbocycles. The number of nitrogens with two attached hydrogens (primary N) is 1. The predicted molar refractivity (Wildman–Crippen MR) is 69.0 cm³/mol. The molecule has 2 rings (SSSR count). The summed E-state index contributed by atoms with van der Waals surface area (Å²) in [5, 5.41) is 9.96. The number of carbonyl (C=O) groups is 1. The van der Waals surface area contributed by atoms with E-state index in [9.17, 15) is 9.90 Å². The largest absolute Gasteiger partial charge is 0.496 e. The zero-order chi connectivity index (χ0) is 13.5. The van der Waals surface area contributed by atoms with E-state index in [2.05, 4.69) is 0 Å². The fraction of sp³-hybridized carbons (Fsp3) is 0.462. The maximum atomic E-state index is 11.5. The van der Waals surface area contributed by atoms with Gasteiger partial charge in [0.15, 0.2) is 0 Å². The fourth-order valence-electron chi connectivity index (χ4n) is 2.20. The molecule has 1 atom stereocenters. The quantitative estimate of drug-likeness (QED) is 0.880. The molecule has 1 aliphatic rings. The van der Waals surface area contributed by atoms with Crippen LogP contribution in [0.1, 0.15) is 24.0 Å². The molecule has 0 bridgehead atoms. The van der Waals surface area contributed by atoms with Gasteiger partial charge in [-0.15, -0.1) is 0 Å². The van der Waals surface area contributed by atoms with Crippen LogP contribution in [0.3, 0.4) is 0 Å². The van der Waals surface area contributed by atoms with Crippen LogP contribution in [0.2, 0.25) is 5.02 Å². The summed E-state index contributed by atoms with van der Waals surface area (Å²) >= 11 is 6.07. The molecule has 0 amide bonds. The van der Waals surface area contributed by atoms with Crippen LogP contribution in [0, 0.1) is 12.8 Å². The number of methoxy groups -OCH3 is 1. The highest BCUT2D eigenvalue weighted by atomic mass is 35.5. The van der Waals surface area contributed by atoms with Crippen LogP contribution in [0.5, 0.6) is 5.75 Å². The van der Waals surface area contributed by atoms with Gasteiger partial charge in [-0.3, -0.25) is 0 Å². The summed E-state index contributed by atoms with van der Waals surface area (Å²) in [5.41, 5.74) is 6.00. The third kappa shape index (κ3) is 1.95. The zero-order valence-electron chi connectivity index (χ0n) is 10.4. The highest BCUT2D eigenvalue weighted by molar-refractivity contribution is 6.31. The lowest BCUT2D eigenvalue weighted by Gasteiger charge is -2.27. The van der Waals surface area contributed by atoms with Crippen molar-refractivity contribution in [2.75, 3.05) is 7.11 Å². The molecule has 0 spiro atoms. The van der Waals surface area contributed by atoms with Crippen LogP contribution in [0.25, 0.3) is 0 Å². The van der Waals surface area contributed by atoms with Crippen molar-refractivity contribution in [1.29, 1.82) is 0 Å². The number of benzene rings is 1. The SMILES string of the molecule is COc1cc(C)c(Cl)cc1C(N)(C(=O)O)C1CC1. The summed E-state index contributed by atoms with van der Waals surface area (Å²) in [6.07, 6.45) is 1.63. The van der Waals surface area contributed by atoms with E-state index in [1.807, 2.05) is 6.92 Å². The first-order valence-electron chi connectivity index (χ1n) is 5.78. The van der Waals surface area contributed by atoms with Crippen molar-refractivity contribution in [2.45, 2.75) is 25.3 Å². The first-order valence-corrected chi connectivity index (χ1v) is 6.16. The van der Waals surface area contributed by atoms with Crippen molar-refractivity contribution in [3.05, 3.63) is 28.3 Å². The minimum absolute atomic E-state index is 0.0531. The van der Waals surface area contributed by atoms with E-state index < -0.39 is 11.5 Å². The smallest absolute Gasteiger partial charge is 0.328 e. The van der Waals surface area contributed by atoms with Gasteiger partial charge in [0.05, 0.1) is 7.11 Å². The highest BCUT2D eigenvalue weighted by Gasteiger charge is 2.51. The number of aliphatic carboxylic acids is 1. The van der Waals surface area contributed by atoms with Gasteiger partial charge in [0.25, 0.3) is 0 Å². The lowest BCUT2D eigenvalue weighted by Crippen LogP contribution is -2.47. The summed E-state index contributed by atoms with van der Waals surface area (Å²) in [6.45, 7) is 1.84. The van der Waals surface area contributed by atoms with Crippen molar-refractivity contribution >= 4 is 17.6 Å². The summed E-state index contributed by atoms with van der Waals surface area (Å²) < 4.78 is 5.25. The summed E-state index contributed by atoms with van der Waals surface area (Å²) in [6, 6.07) is 3.34. The number of ether oxygens (including phenoxy) is 1. The average molecular weight is 270 g/mol. The number of hydrogen-bond donors (Lipinski definition) is 2. The minimum atomic E-state index is -1.41. The molecule has 5 heteroatoms. The number of carboxylic acid groups (broad SMARTS) is 1. The molecule has 1 unspecified atom stereocenters. The number of halogens is 1. The maximum absolute atomic E-state index is 11.5. The lowest BCUT2D eigenvalue weighted by molar-refractivity contribution is -0.144. The molecular formula is C13H16ClNO3. The Balaban J connectivity index is 2.60. The van der Waals surface area contributed by atoms with E-state index in [1.54, 1.807) is 12.1 Å². The van der Waals surface area contributed by atoms with Gasteiger partial charge < -0.3 is 15.6 Å². The first-order chi connectivity index (χ1) is 8.41.